The first kappa shape index (κ1) is 15.1. The average molecular weight is 335 g/mol. The number of thiophene rings is 1. The van der Waals surface area contributed by atoms with Crippen molar-refractivity contribution in [2.75, 3.05) is 0 Å². The van der Waals surface area contributed by atoms with Gasteiger partial charge in [-0.25, -0.2) is 5.43 Å². The van der Waals surface area contributed by atoms with E-state index in [0.717, 1.165) is 12.8 Å². The van der Waals surface area contributed by atoms with Crippen molar-refractivity contribution in [2.24, 2.45) is 5.10 Å². The summed E-state index contributed by atoms with van der Waals surface area (Å²) in [6.45, 7) is 1.71. The Balaban J connectivity index is 1.74. The highest BCUT2D eigenvalue weighted by molar-refractivity contribution is 7.14. The predicted octanol–water partition coefficient (Wildman–Crippen LogP) is 3.75. The van der Waals surface area contributed by atoms with Crippen LogP contribution in [0.25, 0.3) is 0 Å². The van der Waals surface area contributed by atoms with E-state index in [0.29, 0.717) is 21.2 Å². The zero-order chi connectivity index (χ0) is 15.7. The number of phenols is 1. The number of nitrogens with one attached hydrogen (secondary N) is 1. The Bertz CT molecular complexity index is 746. The SMILES string of the molecule is C/C(=N\NC(=O)c1cc2c(s1)CCC2)c1cc(Cl)ccc1O. The summed E-state index contributed by atoms with van der Waals surface area (Å²) in [7, 11) is 0. The minimum absolute atomic E-state index is 0.0787. The predicted molar refractivity (Wildman–Crippen MR) is 89.1 cm³/mol. The molecule has 22 heavy (non-hydrogen) atoms. The molecule has 6 heteroatoms. The van der Waals surface area contributed by atoms with Crippen molar-refractivity contribution in [3.63, 3.8) is 0 Å². The molecule has 0 saturated heterocycles. The van der Waals surface area contributed by atoms with Gasteiger partial charge in [0.25, 0.3) is 5.91 Å². The number of carbonyl (C=O) groups is 1. The molecule has 0 radical (unpaired) electrons. The van der Waals surface area contributed by atoms with Crippen molar-refractivity contribution in [1.29, 1.82) is 0 Å². The van der Waals surface area contributed by atoms with Crippen LogP contribution in [0.1, 0.15) is 39.0 Å². The van der Waals surface area contributed by atoms with Crippen molar-refractivity contribution in [1.82, 2.24) is 5.43 Å². The minimum Gasteiger partial charge on any atom is -0.507 e. The quantitative estimate of drug-likeness (QED) is 0.663. The lowest BCUT2D eigenvalue weighted by atomic mass is 10.1. The lowest BCUT2D eigenvalue weighted by Gasteiger charge is -2.05. The zero-order valence-corrected chi connectivity index (χ0v) is 13.6. The Kier molecular flexibility index (Phi) is 4.18. The number of hydrazone groups is 1. The second-order valence-electron chi connectivity index (χ2n) is 5.21. The van der Waals surface area contributed by atoms with Crippen molar-refractivity contribution in [3.8, 4) is 5.75 Å². The van der Waals surface area contributed by atoms with Crippen LogP contribution in [0.4, 0.5) is 0 Å². The smallest absolute Gasteiger partial charge is 0.281 e. The summed E-state index contributed by atoms with van der Waals surface area (Å²) in [5.41, 5.74) is 4.82. The standard InChI is InChI=1S/C16H15ClN2O2S/c1-9(12-8-11(17)5-6-13(12)20)18-19-16(21)15-7-10-3-2-4-14(10)22-15/h5-8,20H,2-4H2,1H3,(H,19,21)/b18-9+. The van der Waals surface area contributed by atoms with Gasteiger partial charge in [0.2, 0.25) is 0 Å². The molecule has 4 nitrogen and oxygen atoms in total. The van der Waals surface area contributed by atoms with Crippen LogP contribution >= 0.6 is 22.9 Å². The monoisotopic (exact) mass is 334 g/mol. The summed E-state index contributed by atoms with van der Waals surface area (Å²) in [6.07, 6.45) is 3.29. The van der Waals surface area contributed by atoms with Gasteiger partial charge in [0.05, 0.1) is 10.6 Å². The molecule has 0 aliphatic heterocycles. The van der Waals surface area contributed by atoms with Crippen LogP contribution in [0.15, 0.2) is 29.4 Å². The number of rotatable bonds is 3. The largest absolute Gasteiger partial charge is 0.507 e. The van der Waals surface area contributed by atoms with Gasteiger partial charge in [0.15, 0.2) is 0 Å². The fourth-order valence-corrected chi connectivity index (χ4v) is 3.80. The van der Waals surface area contributed by atoms with E-state index in [1.807, 2.05) is 6.07 Å². The number of aromatic hydroxyl groups is 1. The highest BCUT2D eigenvalue weighted by Crippen LogP contribution is 2.30. The lowest BCUT2D eigenvalue weighted by Crippen LogP contribution is -2.18. The molecular weight excluding hydrogens is 320 g/mol. The molecule has 114 valence electrons. The number of carbonyl (C=O) groups excluding carboxylic acids is 1. The molecule has 1 aromatic carbocycles. The van der Waals surface area contributed by atoms with E-state index in [4.69, 9.17) is 11.6 Å². The molecule has 0 atom stereocenters. The summed E-state index contributed by atoms with van der Waals surface area (Å²) in [6, 6.07) is 6.66. The van der Waals surface area contributed by atoms with Gasteiger partial charge < -0.3 is 5.11 Å². The van der Waals surface area contributed by atoms with Gasteiger partial charge in [-0.05, 0) is 56.0 Å². The van der Waals surface area contributed by atoms with Crippen molar-refractivity contribution in [3.05, 3.63) is 50.2 Å². The number of fused-ring (bicyclic) bond motifs is 1. The van der Waals surface area contributed by atoms with Crippen LogP contribution in [-0.4, -0.2) is 16.7 Å². The summed E-state index contributed by atoms with van der Waals surface area (Å²) in [5, 5.41) is 14.4. The third kappa shape index (κ3) is 3.00. The molecule has 2 N–H and O–H groups in total. The Labute approximate surface area is 137 Å². The van der Waals surface area contributed by atoms with Crippen LogP contribution < -0.4 is 5.43 Å². The molecule has 3 rings (SSSR count). The molecule has 0 unspecified atom stereocenters. The summed E-state index contributed by atoms with van der Waals surface area (Å²) in [5.74, 6) is -0.143. The highest BCUT2D eigenvalue weighted by atomic mass is 35.5. The van der Waals surface area contributed by atoms with Crippen LogP contribution in [0.5, 0.6) is 5.75 Å². The molecule has 0 bridgehead atoms. The van der Waals surface area contributed by atoms with Gasteiger partial charge in [-0.2, -0.15) is 5.10 Å². The molecule has 0 spiro atoms. The van der Waals surface area contributed by atoms with Gasteiger partial charge in [0.1, 0.15) is 5.75 Å². The third-order valence-electron chi connectivity index (χ3n) is 3.64. The highest BCUT2D eigenvalue weighted by Gasteiger charge is 2.18. The van der Waals surface area contributed by atoms with E-state index >= 15 is 0 Å². The number of halogens is 1. The molecule has 1 heterocycles. The molecule has 1 aliphatic rings. The van der Waals surface area contributed by atoms with Crippen LogP contribution in [0, 0.1) is 0 Å². The van der Waals surface area contributed by atoms with E-state index in [1.165, 1.54) is 34.3 Å². The number of phenolic OH excluding ortho intramolecular Hbond substituents is 1. The summed E-state index contributed by atoms with van der Waals surface area (Å²) in [4.78, 5) is 14.1. The van der Waals surface area contributed by atoms with Gasteiger partial charge in [-0.3, -0.25) is 4.79 Å². The first-order valence-corrected chi connectivity index (χ1v) is 8.19. The maximum atomic E-state index is 12.1. The lowest BCUT2D eigenvalue weighted by molar-refractivity contribution is 0.0959. The molecule has 0 fully saturated rings. The number of benzene rings is 1. The molecule has 1 aliphatic carbocycles. The molecule has 1 aromatic heterocycles. The van der Waals surface area contributed by atoms with Crippen molar-refractivity contribution < 1.29 is 9.90 Å². The van der Waals surface area contributed by atoms with Gasteiger partial charge in [0, 0.05) is 15.5 Å². The number of aryl methyl sites for hydroxylation is 2. The molecule has 0 saturated carbocycles. The Morgan fingerprint density at radius 3 is 2.95 bits per heavy atom. The molecule has 2 aromatic rings. The van der Waals surface area contributed by atoms with Gasteiger partial charge in [-0.15, -0.1) is 11.3 Å². The summed E-state index contributed by atoms with van der Waals surface area (Å²) >= 11 is 7.44. The first-order chi connectivity index (χ1) is 10.5. The fraction of sp³-hybridized carbons (Fsp3) is 0.250. The van der Waals surface area contributed by atoms with E-state index in [-0.39, 0.29) is 11.7 Å². The summed E-state index contributed by atoms with van der Waals surface area (Å²) < 4.78 is 0. The number of hydrogen-bond acceptors (Lipinski definition) is 4. The first-order valence-electron chi connectivity index (χ1n) is 6.99. The number of amides is 1. The average Bonchev–Trinajstić information content (AvgIpc) is 3.08. The maximum absolute atomic E-state index is 12.1. The van der Waals surface area contributed by atoms with Gasteiger partial charge >= 0.3 is 0 Å². The molecular formula is C16H15ClN2O2S. The minimum atomic E-state index is -0.222. The van der Waals surface area contributed by atoms with Crippen LogP contribution in [0.3, 0.4) is 0 Å². The Morgan fingerprint density at radius 2 is 2.18 bits per heavy atom. The topological polar surface area (TPSA) is 61.7 Å². The zero-order valence-electron chi connectivity index (χ0n) is 12.0. The Hall–Kier alpha value is -1.85. The van der Waals surface area contributed by atoms with Crippen LogP contribution in [0.2, 0.25) is 5.02 Å². The third-order valence-corrected chi connectivity index (χ3v) is 5.11. The number of hydrogen-bond donors (Lipinski definition) is 2. The molecule has 1 amide bonds. The van der Waals surface area contributed by atoms with E-state index < -0.39 is 0 Å². The Morgan fingerprint density at radius 1 is 1.36 bits per heavy atom. The number of nitrogens with zero attached hydrogens (tertiary/aromatic N) is 1. The van der Waals surface area contributed by atoms with E-state index in [2.05, 4.69) is 10.5 Å². The maximum Gasteiger partial charge on any atom is 0.281 e. The normalized spacial score (nSPS) is 14.0. The van der Waals surface area contributed by atoms with E-state index in [9.17, 15) is 9.90 Å². The van der Waals surface area contributed by atoms with E-state index in [1.54, 1.807) is 19.1 Å². The van der Waals surface area contributed by atoms with Crippen LogP contribution in [-0.2, 0) is 12.8 Å². The second-order valence-corrected chi connectivity index (χ2v) is 6.79. The fourth-order valence-electron chi connectivity index (χ4n) is 2.49. The second kappa shape index (κ2) is 6.10. The van der Waals surface area contributed by atoms with Crippen molar-refractivity contribution >= 4 is 34.6 Å². The van der Waals surface area contributed by atoms with Crippen molar-refractivity contribution in [2.45, 2.75) is 26.2 Å². The van der Waals surface area contributed by atoms with Gasteiger partial charge in [-0.1, -0.05) is 11.6 Å².